The molecule has 242 valence electrons. The van der Waals surface area contributed by atoms with Crippen molar-refractivity contribution in [2.75, 3.05) is 46.1 Å². The van der Waals surface area contributed by atoms with Gasteiger partial charge >= 0.3 is 0 Å². The highest BCUT2D eigenvalue weighted by Gasteiger charge is 2.36. The number of rotatable bonds is 16. The van der Waals surface area contributed by atoms with Crippen LogP contribution in [0.5, 0.6) is 5.75 Å². The first-order chi connectivity index (χ1) is 21.6. The summed E-state index contributed by atoms with van der Waals surface area (Å²) < 4.78 is 16.6. The van der Waals surface area contributed by atoms with Gasteiger partial charge in [-0.05, 0) is 72.9 Å². The number of hydrogen-bond donors (Lipinski definition) is 4. The summed E-state index contributed by atoms with van der Waals surface area (Å²) in [5.41, 5.74) is 2.16. The first kappa shape index (κ1) is 34.0. The fraction of sp³-hybridized carbons (Fsp3) is 0.485. The van der Waals surface area contributed by atoms with Gasteiger partial charge in [0.25, 0.3) is 17.7 Å². The fourth-order valence-corrected chi connectivity index (χ4v) is 7.00. The molecule has 0 bridgehead atoms. The Morgan fingerprint density at radius 2 is 1.71 bits per heavy atom. The van der Waals surface area contributed by atoms with Crippen LogP contribution in [-0.4, -0.2) is 75.5 Å². The smallest absolute Gasteiger partial charge is 0.277 e. The van der Waals surface area contributed by atoms with Crippen LogP contribution in [0.25, 0.3) is 10.4 Å². The summed E-state index contributed by atoms with van der Waals surface area (Å²) >= 11 is 1.21. The molecule has 11 nitrogen and oxygen atoms in total. The Morgan fingerprint density at radius 3 is 2.36 bits per heavy atom. The highest BCUT2D eigenvalue weighted by molar-refractivity contribution is 7.18. The summed E-state index contributed by atoms with van der Waals surface area (Å²) in [7, 11) is 0. The standard InChI is InChI=1S/C33H42N4O7S/c1-4-33(17-21(2)15-22(3)18-33)19-27(38)35-9-11-42-13-14-43-12-10-36-28(39)20-44-24-7-5-23(6-8-24)26-16-25-30(45-26)29(34)32(41)37-31(25)40/h5-8,16,22,34H,2,4,9-15,17-20H2,1,3H3,(H,35,38)(H,36,39)(H,37,40,41). The summed E-state index contributed by atoms with van der Waals surface area (Å²) in [6.45, 7) is 10.7. The summed E-state index contributed by atoms with van der Waals surface area (Å²) in [5, 5.41) is 15.8. The van der Waals surface area contributed by atoms with Gasteiger partial charge in [-0.15, -0.1) is 11.3 Å². The van der Waals surface area contributed by atoms with Crippen molar-refractivity contribution in [2.24, 2.45) is 11.3 Å². The van der Waals surface area contributed by atoms with E-state index in [1.807, 2.05) is 0 Å². The second-order valence-electron chi connectivity index (χ2n) is 11.7. The zero-order valence-corrected chi connectivity index (χ0v) is 26.7. The molecule has 1 aromatic carbocycles. The Morgan fingerprint density at radius 1 is 1.04 bits per heavy atom. The summed E-state index contributed by atoms with van der Waals surface area (Å²) in [6, 6.07) is 8.65. The molecule has 1 aromatic heterocycles. The number of ether oxygens (including phenoxy) is 3. The molecule has 1 aliphatic carbocycles. The van der Waals surface area contributed by atoms with Gasteiger partial charge in [0.05, 0.1) is 36.9 Å². The molecule has 1 fully saturated rings. The number of fused-ring (bicyclic) bond motifs is 1. The van der Waals surface area contributed by atoms with Crippen molar-refractivity contribution in [3.63, 3.8) is 0 Å². The number of benzene rings is 1. The number of carbonyl (C=O) groups excluding carboxylic acids is 4. The SMILES string of the molecule is C=C1CC(C)CC(CC)(CC(=O)NCCOCCOCCNC(=O)COc2ccc(-c3cc4c(s3)C(=N)C(=O)NC4=O)cc2)C1. The minimum absolute atomic E-state index is 0.0199. The first-order valence-electron chi connectivity index (χ1n) is 15.3. The number of amides is 4. The fourth-order valence-electron chi connectivity index (χ4n) is 5.90. The maximum atomic E-state index is 12.5. The van der Waals surface area contributed by atoms with E-state index in [4.69, 9.17) is 19.6 Å². The van der Waals surface area contributed by atoms with Crippen LogP contribution in [0.1, 0.15) is 61.2 Å². The Labute approximate surface area is 267 Å². The zero-order valence-electron chi connectivity index (χ0n) is 25.9. The molecule has 1 aliphatic heterocycles. The van der Waals surface area contributed by atoms with Gasteiger partial charge in [0, 0.05) is 24.4 Å². The summed E-state index contributed by atoms with van der Waals surface area (Å²) in [4.78, 5) is 49.5. The lowest BCUT2D eigenvalue weighted by molar-refractivity contribution is -0.124. The average molecular weight is 639 g/mol. The molecule has 12 heteroatoms. The summed E-state index contributed by atoms with van der Waals surface area (Å²) in [6.07, 6.45) is 4.55. The quantitative estimate of drug-likeness (QED) is 0.124. The summed E-state index contributed by atoms with van der Waals surface area (Å²) in [5.74, 6) is -0.362. The molecule has 2 unspecified atom stereocenters. The predicted molar refractivity (Wildman–Crippen MR) is 172 cm³/mol. The van der Waals surface area contributed by atoms with Crippen LogP contribution in [0.3, 0.4) is 0 Å². The van der Waals surface area contributed by atoms with Gasteiger partial charge in [0.2, 0.25) is 5.91 Å². The van der Waals surface area contributed by atoms with Crippen LogP contribution in [-0.2, 0) is 23.9 Å². The number of thiophene rings is 1. The first-order valence-corrected chi connectivity index (χ1v) is 16.1. The molecule has 2 aliphatic rings. The van der Waals surface area contributed by atoms with Crippen molar-refractivity contribution in [1.82, 2.24) is 16.0 Å². The molecule has 2 heterocycles. The maximum absolute atomic E-state index is 12.5. The number of allylic oxidation sites excluding steroid dienone is 1. The molecule has 4 N–H and O–H groups in total. The van der Waals surface area contributed by atoms with Crippen LogP contribution in [0, 0.1) is 16.7 Å². The van der Waals surface area contributed by atoms with Crippen molar-refractivity contribution in [2.45, 2.75) is 46.0 Å². The minimum atomic E-state index is -0.700. The van der Waals surface area contributed by atoms with E-state index in [0.717, 1.165) is 36.1 Å². The van der Waals surface area contributed by atoms with E-state index in [9.17, 15) is 19.2 Å². The van der Waals surface area contributed by atoms with E-state index < -0.39 is 11.8 Å². The lowest BCUT2D eigenvalue weighted by Gasteiger charge is -2.40. The number of hydrogen-bond acceptors (Lipinski definition) is 9. The largest absolute Gasteiger partial charge is 0.484 e. The molecule has 4 rings (SSSR count). The molecule has 0 radical (unpaired) electrons. The molecule has 0 spiro atoms. The second kappa shape index (κ2) is 15.9. The Balaban J connectivity index is 1.03. The molecule has 2 atom stereocenters. The van der Waals surface area contributed by atoms with E-state index >= 15 is 0 Å². The van der Waals surface area contributed by atoms with Crippen molar-refractivity contribution in [3.8, 4) is 16.2 Å². The molecule has 2 aromatic rings. The Bertz CT molecular complexity index is 1420. The molecule has 4 amide bonds. The van der Waals surface area contributed by atoms with Crippen molar-refractivity contribution in [3.05, 3.63) is 52.9 Å². The van der Waals surface area contributed by atoms with Crippen molar-refractivity contribution < 1.29 is 33.4 Å². The molecular weight excluding hydrogens is 596 g/mol. The number of imide groups is 1. The molecule has 45 heavy (non-hydrogen) atoms. The molecular formula is C33H42N4O7S. The van der Waals surface area contributed by atoms with Gasteiger partial charge in [0.15, 0.2) is 6.61 Å². The molecule has 0 saturated heterocycles. The minimum Gasteiger partial charge on any atom is -0.484 e. The average Bonchev–Trinajstić information content (AvgIpc) is 3.46. The highest BCUT2D eigenvalue weighted by Crippen LogP contribution is 2.46. The van der Waals surface area contributed by atoms with E-state index in [1.165, 1.54) is 16.9 Å². The second-order valence-corrected chi connectivity index (χ2v) is 12.8. The number of nitrogens with one attached hydrogen (secondary N) is 4. The highest BCUT2D eigenvalue weighted by atomic mass is 32.1. The molecule has 1 saturated carbocycles. The van der Waals surface area contributed by atoms with Crippen LogP contribution in [0.4, 0.5) is 0 Å². The lowest BCUT2D eigenvalue weighted by atomic mass is 9.65. The van der Waals surface area contributed by atoms with Gasteiger partial charge in [-0.2, -0.15) is 0 Å². The lowest BCUT2D eigenvalue weighted by Crippen LogP contribution is -2.41. The van der Waals surface area contributed by atoms with E-state index in [0.29, 0.717) is 68.0 Å². The maximum Gasteiger partial charge on any atom is 0.277 e. The predicted octanol–water partition coefficient (Wildman–Crippen LogP) is 3.86. The van der Waals surface area contributed by atoms with Crippen molar-refractivity contribution in [1.29, 1.82) is 5.41 Å². The third-order valence-electron chi connectivity index (χ3n) is 8.00. The van der Waals surface area contributed by atoms with Gasteiger partial charge in [-0.25, -0.2) is 0 Å². The monoisotopic (exact) mass is 638 g/mol. The van der Waals surface area contributed by atoms with E-state index in [2.05, 4.69) is 36.4 Å². The van der Waals surface area contributed by atoms with E-state index in [-0.39, 0.29) is 29.5 Å². The Kier molecular flexibility index (Phi) is 12.0. The third-order valence-corrected chi connectivity index (χ3v) is 9.21. The van der Waals surface area contributed by atoms with Gasteiger partial charge < -0.3 is 24.8 Å². The van der Waals surface area contributed by atoms with Crippen LogP contribution in [0.2, 0.25) is 0 Å². The van der Waals surface area contributed by atoms with Crippen molar-refractivity contribution >= 4 is 40.7 Å². The van der Waals surface area contributed by atoms with Gasteiger partial charge in [0.1, 0.15) is 11.5 Å². The topological polar surface area (TPSA) is 156 Å². The van der Waals surface area contributed by atoms with Gasteiger partial charge in [-0.1, -0.05) is 26.0 Å². The zero-order chi connectivity index (χ0) is 32.4. The van der Waals surface area contributed by atoms with Crippen LogP contribution < -0.4 is 20.7 Å². The van der Waals surface area contributed by atoms with Gasteiger partial charge in [-0.3, -0.25) is 29.9 Å². The van der Waals surface area contributed by atoms with Crippen LogP contribution >= 0.6 is 11.3 Å². The third kappa shape index (κ3) is 9.56. The number of carbonyl (C=O) groups is 4. The normalized spacial score (nSPS) is 19.6. The Hall–Kier alpha value is -3.87. The van der Waals surface area contributed by atoms with Crippen LogP contribution in [0.15, 0.2) is 42.5 Å². The van der Waals surface area contributed by atoms with E-state index in [1.54, 1.807) is 30.3 Å².